The quantitative estimate of drug-likeness (QED) is 0.424. The van der Waals surface area contributed by atoms with Gasteiger partial charge in [0.1, 0.15) is 5.82 Å². The Labute approximate surface area is 208 Å². The summed E-state index contributed by atoms with van der Waals surface area (Å²) < 4.78 is 30.7. The van der Waals surface area contributed by atoms with Crippen molar-refractivity contribution in [3.05, 3.63) is 46.2 Å². The summed E-state index contributed by atoms with van der Waals surface area (Å²) in [7, 11) is -3.23. The van der Waals surface area contributed by atoms with Gasteiger partial charge in [0.05, 0.1) is 15.8 Å². The molecule has 0 aliphatic carbocycles. The van der Waals surface area contributed by atoms with E-state index in [2.05, 4.69) is 37.1 Å². The molecule has 4 rings (SSSR count). The molecule has 182 valence electrons. The van der Waals surface area contributed by atoms with Crippen LogP contribution in [0.5, 0.6) is 0 Å². The van der Waals surface area contributed by atoms with Crippen LogP contribution in [0.15, 0.2) is 36.4 Å². The van der Waals surface area contributed by atoms with Crippen LogP contribution < -0.4 is 9.62 Å². The molecule has 3 N–H and O–H groups in total. The van der Waals surface area contributed by atoms with Gasteiger partial charge in [0, 0.05) is 49.4 Å². The molecule has 0 radical (unpaired) electrons. The molecule has 2 aromatic heterocycles. The Hall–Kier alpha value is -1.60. The van der Waals surface area contributed by atoms with Gasteiger partial charge in [-0.15, -0.1) is 23.7 Å². The van der Waals surface area contributed by atoms with Gasteiger partial charge in [-0.05, 0) is 48.8 Å². The molecule has 1 aliphatic heterocycles. The Balaban J connectivity index is 0.00000193. The van der Waals surface area contributed by atoms with Gasteiger partial charge >= 0.3 is 0 Å². The summed E-state index contributed by atoms with van der Waals surface area (Å²) in [6, 6.07) is 12.0. The fourth-order valence-electron chi connectivity index (χ4n) is 3.70. The number of benzene rings is 1. The normalized spacial score (nSPS) is 14.6. The first-order valence-corrected chi connectivity index (χ1v) is 13.8. The number of fused-ring (bicyclic) bond motifs is 1. The van der Waals surface area contributed by atoms with Crippen molar-refractivity contribution in [2.75, 3.05) is 43.9 Å². The first kappa shape index (κ1) is 27.6. The Kier molecular flexibility index (Phi) is 10.2. The number of hydrogen-bond acceptors (Lipinski definition) is 8. The van der Waals surface area contributed by atoms with E-state index in [1.807, 2.05) is 12.1 Å². The zero-order chi connectivity index (χ0) is 21.8. The summed E-state index contributed by atoms with van der Waals surface area (Å²) in [5.74, 6) is 1.22. The number of carbonyl (C=O) groups excluding carboxylic acids is 1. The number of piperazine rings is 1. The van der Waals surface area contributed by atoms with Gasteiger partial charge in [0.25, 0.3) is 0 Å². The van der Waals surface area contributed by atoms with Crippen molar-refractivity contribution >= 4 is 67.0 Å². The molecular weight excluding hydrogens is 504 g/mol. The highest BCUT2D eigenvalue weighted by Gasteiger charge is 2.20. The van der Waals surface area contributed by atoms with Crippen molar-refractivity contribution in [3.8, 4) is 0 Å². The molecule has 3 aromatic rings. The first-order chi connectivity index (χ1) is 14.9. The molecule has 8 nitrogen and oxygen atoms in total. The van der Waals surface area contributed by atoms with Crippen molar-refractivity contribution < 1.29 is 18.7 Å². The largest absolute Gasteiger partial charge is 0.412 e. The highest BCUT2D eigenvalue weighted by atomic mass is 35.5. The Morgan fingerprint density at radius 1 is 1.12 bits per heavy atom. The average Bonchev–Trinajstić information content (AvgIpc) is 3.40. The number of thiophene rings is 1. The van der Waals surface area contributed by atoms with Crippen LogP contribution in [0.25, 0.3) is 10.1 Å². The molecule has 1 aliphatic rings. The highest BCUT2D eigenvalue weighted by Crippen LogP contribution is 2.29. The predicted molar refractivity (Wildman–Crippen MR) is 139 cm³/mol. The van der Waals surface area contributed by atoms with Crippen LogP contribution in [0.3, 0.4) is 0 Å². The molecule has 0 amide bonds. The number of anilines is 1. The number of carbonyl (C=O) groups is 1. The Morgan fingerprint density at radius 3 is 2.58 bits per heavy atom. The monoisotopic (exact) mass is 532 g/mol. The molecule has 12 heteroatoms. The molecule has 33 heavy (non-hydrogen) atoms. The number of halogens is 1. The molecule has 1 saturated heterocycles. The van der Waals surface area contributed by atoms with Gasteiger partial charge in [-0.3, -0.25) is 9.69 Å². The fraction of sp³-hybridized carbons (Fsp3) is 0.429. The molecule has 1 aromatic carbocycles. The van der Waals surface area contributed by atoms with Gasteiger partial charge in [-0.1, -0.05) is 12.1 Å². The average molecular weight is 533 g/mol. The minimum Gasteiger partial charge on any atom is -0.412 e. The van der Waals surface area contributed by atoms with E-state index in [-0.39, 0.29) is 30.2 Å². The summed E-state index contributed by atoms with van der Waals surface area (Å²) in [5.41, 5.74) is 0. The lowest BCUT2D eigenvalue weighted by atomic mass is 10.1. The second kappa shape index (κ2) is 12.2. The maximum atomic E-state index is 12.5. The third kappa shape index (κ3) is 7.44. The van der Waals surface area contributed by atoms with Gasteiger partial charge in [0.2, 0.25) is 10.0 Å². The van der Waals surface area contributed by atoms with Crippen molar-refractivity contribution in [2.24, 2.45) is 0 Å². The smallest absolute Gasteiger partial charge is 0.209 e. The summed E-state index contributed by atoms with van der Waals surface area (Å²) in [6.07, 6.45) is 2.47. The summed E-state index contributed by atoms with van der Waals surface area (Å²) in [4.78, 5) is 18.8. The first-order valence-electron chi connectivity index (χ1n) is 10.3. The number of ketones is 1. The third-order valence-electron chi connectivity index (χ3n) is 5.35. The second-order valence-electron chi connectivity index (χ2n) is 7.72. The topological polar surface area (TPSA) is 114 Å². The van der Waals surface area contributed by atoms with Crippen LogP contribution in [-0.2, 0) is 16.6 Å². The lowest BCUT2D eigenvalue weighted by molar-refractivity contribution is 0.0978. The predicted octanol–water partition coefficient (Wildman–Crippen LogP) is 2.79. The van der Waals surface area contributed by atoms with E-state index < -0.39 is 10.0 Å². The molecule has 3 heterocycles. The molecule has 0 saturated carbocycles. The third-order valence-corrected chi connectivity index (χ3v) is 7.97. The Bertz CT molecular complexity index is 1160. The van der Waals surface area contributed by atoms with Crippen LogP contribution in [0.1, 0.15) is 27.4 Å². The van der Waals surface area contributed by atoms with Crippen LogP contribution in [0.2, 0.25) is 0 Å². The molecule has 0 bridgehead atoms. The van der Waals surface area contributed by atoms with Gasteiger partial charge in [0.15, 0.2) is 5.78 Å². The minimum atomic E-state index is -3.23. The van der Waals surface area contributed by atoms with Crippen molar-refractivity contribution in [3.63, 3.8) is 0 Å². The number of hydrogen-bond donors (Lipinski definition) is 1. The highest BCUT2D eigenvalue weighted by molar-refractivity contribution is 7.88. The number of nitrogens with one attached hydrogen (secondary N) is 1. The standard InChI is InChI=1S/C21H26N4O3S3.ClH.H2O/c1-31(27,28)22-15-16-8-9-20(29-16)18(26)6-4-10-24-11-13-25(14-12-24)21-17-5-2-3-7-19(17)30-23-21;;/h2-3,5,7-9,22H,4,6,10-15H2,1H3;1H;1H2. The van der Waals surface area contributed by atoms with Gasteiger partial charge in [-0.2, -0.15) is 4.37 Å². The van der Waals surface area contributed by atoms with E-state index >= 15 is 0 Å². The van der Waals surface area contributed by atoms with E-state index in [1.165, 1.54) is 21.4 Å². The van der Waals surface area contributed by atoms with Crippen LogP contribution in [0.4, 0.5) is 5.82 Å². The number of nitrogens with zero attached hydrogens (tertiary/aromatic N) is 3. The van der Waals surface area contributed by atoms with Crippen molar-refractivity contribution in [1.82, 2.24) is 14.0 Å². The van der Waals surface area contributed by atoms with E-state index in [4.69, 9.17) is 0 Å². The van der Waals surface area contributed by atoms with Crippen molar-refractivity contribution in [1.29, 1.82) is 0 Å². The molecule has 1 fully saturated rings. The van der Waals surface area contributed by atoms with E-state index in [9.17, 15) is 13.2 Å². The summed E-state index contributed by atoms with van der Waals surface area (Å²) in [5, 5.41) is 1.23. The van der Waals surface area contributed by atoms with E-state index in [0.29, 0.717) is 11.3 Å². The summed E-state index contributed by atoms with van der Waals surface area (Å²) in [6.45, 7) is 4.98. The fourth-order valence-corrected chi connectivity index (χ4v) is 5.92. The van der Waals surface area contributed by atoms with Crippen LogP contribution >= 0.6 is 35.3 Å². The number of rotatable bonds is 9. The molecule has 0 atom stereocenters. The zero-order valence-corrected chi connectivity index (χ0v) is 21.6. The zero-order valence-electron chi connectivity index (χ0n) is 18.3. The van der Waals surface area contributed by atoms with Crippen LogP contribution in [0, 0.1) is 0 Å². The van der Waals surface area contributed by atoms with Gasteiger partial charge in [-0.25, -0.2) is 13.1 Å². The number of Topliss-reactive ketones (excluding diaryl/α,β-unsaturated/α-hetero) is 1. The van der Waals surface area contributed by atoms with Crippen LogP contribution in [-0.4, -0.2) is 67.9 Å². The number of aromatic nitrogens is 1. The SMILES string of the molecule is CS(=O)(=O)NCc1ccc(C(=O)CCCN2CCN(c3nsc4ccccc34)CC2)s1.Cl.O. The Morgan fingerprint density at radius 2 is 1.85 bits per heavy atom. The number of sulfonamides is 1. The lowest BCUT2D eigenvalue weighted by Crippen LogP contribution is -2.46. The lowest BCUT2D eigenvalue weighted by Gasteiger charge is -2.35. The minimum absolute atomic E-state index is 0. The van der Waals surface area contributed by atoms with E-state index in [1.54, 1.807) is 17.6 Å². The maximum Gasteiger partial charge on any atom is 0.209 e. The summed E-state index contributed by atoms with van der Waals surface area (Å²) >= 11 is 2.92. The molecular formula is C21H29ClN4O4S3. The van der Waals surface area contributed by atoms with Gasteiger partial charge < -0.3 is 10.4 Å². The molecule has 0 spiro atoms. The molecule has 0 unspecified atom stereocenters. The van der Waals surface area contributed by atoms with E-state index in [0.717, 1.165) is 56.1 Å². The van der Waals surface area contributed by atoms with Crippen molar-refractivity contribution in [2.45, 2.75) is 19.4 Å². The second-order valence-corrected chi connectivity index (χ2v) is 11.5. The maximum absolute atomic E-state index is 12.5.